The molecule has 3 aliphatic rings. The number of aliphatic hydroxyl groups is 2. The first-order valence-corrected chi connectivity index (χ1v) is 46.0. The van der Waals surface area contributed by atoms with Crippen molar-refractivity contribution in [3.8, 4) is 5.75 Å². The van der Waals surface area contributed by atoms with Crippen molar-refractivity contribution in [2.24, 2.45) is 23.1 Å². The number of nitrogens with one attached hydrogen (secondary N) is 10. The largest absolute Gasteiger partial charge is 0.508 e. The number of likely N-dealkylation sites (N-methyl/N-ethyl adjacent to an activating group) is 3. The first-order chi connectivity index (χ1) is 63.9. The predicted octanol–water partition coefficient (Wildman–Crippen LogP) is 0.0603. The molecule has 3 fully saturated rings. The van der Waals surface area contributed by atoms with Gasteiger partial charge in [-0.05, 0) is 109 Å². The summed E-state index contributed by atoms with van der Waals surface area (Å²) in [5, 5.41) is 57.0. The van der Waals surface area contributed by atoms with Crippen LogP contribution in [0.2, 0.25) is 0 Å². The number of H-pyrrole nitrogens is 1. The summed E-state index contributed by atoms with van der Waals surface area (Å²) < 4.78 is 51.0. The van der Waals surface area contributed by atoms with Crippen LogP contribution in [0, 0.1) is 23.4 Å². The second-order valence-corrected chi connectivity index (χ2v) is 35.5. The number of fused-ring (bicyclic) bond motifs is 3. The number of morpholine rings is 1. The molecule has 42 heteroatoms. The number of aromatic hydroxyl groups is 1. The minimum absolute atomic E-state index is 0.000901. The lowest BCUT2D eigenvalue weighted by molar-refractivity contribution is -0.152. The zero-order chi connectivity index (χ0) is 97.7. The van der Waals surface area contributed by atoms with Crippen molar-refractivity contribution in [1.82, 2.24) is 77.3 Å². The monoisotopic (exact) mass is 1900 g/mol. The maximum atomic E-state index is 15.7. The van der Waals surface area contributed by atoms with Gasteiger partial charge < -0.3 is 115 Å². The van der Waals surface area contributed by atoms with E-state index in [1.165, 1.54) is 50.3 Å². The Bertz CT molecular complexity index is 5150. The molecule has 3 saturated heterocycles. The van der Waals surface area contributed by atoms with Gasteiger partial charge in [-0.25, -0.2) is 13.2 Å². The fourth-order valence-corrected chi connectivity index (χ4v) is 17.3. The van der Waals surface area contributed by atoms with Gasteiger partial charge in [0.25, 0.3) is 0 Å². The number of nitrogens with zero attached hydrogens (tertiary/aromatic N) is 5. The summed E-state index contributed by atoms with van der Waals surface area (Å²) in [4.78, 5) is 234. The molecular formula is C92H120F3N18O19PS. The van der Waals surface area contributed by atoms with Gasteiger partial charge in [0.1, 0.15) is 84.3 Å². The first-order valence-electron chi connectivity index (χ1n) is 44.3. The first kappa shape index (κ1) is 105. The Morgan fingerprint density at radius 2 is 1.10 bits per heavy atom. The van der Waals surface area contributed by atoms with E-state index in [2.05, 4.69) is 61.7 Å². The van der Waals surface area contributed by atoms with Gasteiger partial charge in [-0.2, -0.15) is 0 Å². The van der Waals surface area contributed by atoms with Gasteiger partial charge in [0.05, 0.1) is 37.1 Å². The smallest absolute Gasteiger partial charge is 0.246 e. The summed E-state index contributed by atoms with van der Waals surface area (Å²) in [5.74, 6) is -22.2. The molecule has 0 spiro atoms. The summed E-state index contributed by atoms with van der Waals surface area (Å²) in [6.07, 6.45) is -2.48. The van der Waals surface area contributed by atoms with Gasteiger partial charge in [-0.15, -0.1) is 11.8 Å². The number of para-hydroxylation sites is 1. The van der Waals surface area contributed by atoms with Crippen molar-refractivity contribution < 1.29 is 105 Å². The Morgan fingerprint density at radius 1 is 0.560 bits per heavy atom. The molecule has 4 heterocycles. The van der Waals surface area contributed by atoms with E-state index in [4.69, 9.17) is 21.9 Å². The van der Waals surface area contributed by atoms with Crippen molar-refractivity contribution in [3.05, 3.63) is 173 Å². The molecular weight excluding hydrogens is 1780 g/mol. The third-order valence-electron chi connectivity index (χ3n) is 23.6. The molecule has 19 N–H and O–H groups in total. The van der Waals surface area contributed by atoms with Crippen LogP contribution in [-0.4, -0.2) is 302 Å². The molecule has 6 aromatic rings. The number of ether oxygens (including phenoxy) is 1. The number of nitrogens with two attached hydrogens (primary N) is 3. The molecule has 14 atom stereocenters. The Hall–Kier alpha value is -12.4. The van der Waals surface area contributed by atoms with Crippen LogP contribution < -0.4 is 65.1 Å². The number of amides is 15. The predicted molar refractivity (Wildman–Crippen MR) is 492 cm³/mol. The van der Waals surface area contributed by atoms with Gasteiger partial charge in [0, 0.05) is 102 Å². The molecule has 3 aliphatic heterocycles. The minimum Gasteiger partial charge on any atom is -0.508 e. The third kappa shape index (κ3) is 29.3. The van der Waals surface area contributed by atoms with Crippen LogP contribution in [0.25, 0.3) is 10.9 Å². The van der Waals surface area contributed by atoms with Crippen LogP contribution in [0.4, 0.5) is 13.2 Å². The van der Waals surface area contributed by atoms with Crippen molar-refractivity contribution in [2.45, 2.75) is 195 Å². The van der Waals surface area contributed by atoms with E-state index >= 15 is 56.7 Å². The molecule has 0 unspecified atom stereocenters. The molecule has 5 aromatic carbocycles. The molecule has 0 aliphatic carbocycles. The Balaban J connectivity index is 1.14. The van der Waals surface area contributed by atoms with E-state index in [9.17, 15) is 43.7 Å². The van der Waals surface area contributed by atoms with Crippen LogP contribution >= 0.6 is 20.6 Å². The topological polar surface area (TPSA) is 544 Å². The second kappa shape index (κ2) is 50.6. The molecule has 0 saturated carbocycles. The number of aromatic nitrogens is 1. The molecule has 1 aromatic heterocycles. The summed E-state index contributed by atoms with van der Waals surface area (Å²) in [6.45, 7) is 2.76. The average Bonchev–Trinajstić information content (AvgIpc) is 1.65. The molecule has 134 heavy (non-hydrogen) atoms. The maximum absolute atomic E-state index is 15.7. The van der Waals surface area contributed by atoms with Crippen molar-refractivity contribution >= 4 is 126 Å². The fourth-order valence-electron chi connectivity index (χ4n) is 16.2. The zero-order valence-corrected chi connectivity index (χ0v) is 77.2. The van der Waals surface area contributed by atoms with Gasteiger partial charge in [-0.1, -0.05) is 133 Å². The lowest BCUT2D eigenvalue weighted by Gasteiger charge is -2.38. The summed E-state index contributed by atoms with van der Waals surface area (Å²) in [5.41, 5.74) is 19.0. The highest BCUT2D eigenvalue weighted by molar-refractivity contribution is 8.00. The Labute approximate surface area is 779 Å². The zero-order valence-electron chi connectivity index (χ0n) is 75.4. The second-order valence-electron chi connectivity index (χ2n) is 33.9. The lowest BCUT2D eigenvalue weighted by atomic mass is 9.98. The van der Waals surface area contributed by atoms with Crippen LogP contribution in [0.3, 0.4) is 0 Å². The molecule has 37 nitrogen and oxygen atoms in total. The maximum Gasteiger partial charge on any atom is 0.246 e. The molecule has 0 radical (unpaired) electrons. The number of benzene rings is 5. The number of phenolic OH excluding ortho intramolecular Hbond substituents is 1. The Kier molecular flexibility index (Phi) is 39.8. The highest BCUT2D eigenvalue weighted by atomic mass is 32.2. The van der Waals surface area contributed by atoms with E-state index in [-0.39, 0.29) is 102 Å². The number of thioether (sulfide) groups is 1. The highest BCUT2D eigenvalue weighted by Crippen LogP contribution is 2.28. The number of hydrogen-bond donors (Lipinski definition) is 16. The van der Waals surface area contributed by atoms with Crippen LogP contribution in [-0.2, 0) is 109 Å². The van der Waals surface area contributed by atoms with Crippen LogP contribution in [0.15, 0.2) is 128 Å². The van der Waals surface area contributed by atoms with E-state index in [0.29, 0.717) is 63.5 Å². The standard InChI is InChI=1S/C92H120F3N18O19PS/c1-7-8-27-70-91(130)113-47-58(115)43-72(113)86(125)106-67(44-77(118)133)84(123)108-79(51(2)3)92(131)110(5)71(40-52-19-11-9-12-20-52)85(124)103-64(26-18-33-97)89(128)112-34-35-132-48-74(112)87(126)105-66(42-56-45-99-62-24-16-15-23-59(56)62)83(122)104-65(38-54-28-30-57(114)31-29-54)82(121)102-63(25-17-32-96)81(120)107-69(80(119)100-46-75(98)116)49-134-50-76(117)101-68(39-55-36-60(93)78(95)61(94)37-55)88(127)111(6)73(90(129)109(70)4)41-53-21-13-10-14-22-53/h9-16,19-24,28-31,36-37,45,51,58,63-74,79,99,114-115,118,133H,7-8,17-18,25-27,32-35,38-44,46-50,96-97H2,1-6H3,(H2,98,116)(H,100,119)(H,101,117)(H,102,121)(H,103,124)(H,104,122)(H,105,126)(H,106,125)(H,107,120)(H,108,123)/t58-,63+,64+,65+,66+,67+,68+,69+,70+,71+,72-,73+,74-,79+/m1/s1. The number of halogens is 3. The number of aliphatic hydroxyl groups excluding tert-OH is 2. The van der Waals surface area contributed by atoms with Crippen LogP contribution in [0.5, 0.6) is 5.75 Å². The molecule has 15 amide bonds. The van der Waals surface area contributed by atoms with E-state index in [1.54, 1.807) is 112 Å². The minimum atomic E-state index is -1.89. The van der Waals surface area contributed by atoms with Crippen LogP contribution in [0.1, 0.15) is 106 Å². The quantitative estimate of drug-likeness (QED) is 0.0266. The van der Waals surface area contributed by atoms with Gasteiger partial charge in [0.2, 0.25) is 88.6 Å². The van der Waals surface area contributed by atoms with Crippen molar-refractivity contribution in [2.75, 3.05) is 78.6 Å². The van der Waals surface area contributed by atoms with Crippen molar-refractivity contribution in [1.29, 1.82) is 0 Å². The van der Waals surface area contributed by atoms with E-state index in [1.807, 2.05) is 0 Å². The number of primary amides is 1. The molecule has 9 rings (SSSR count). The van der Waals surface area contributed by atoms with Gasteiger partial charge >= 0.3 is 0 Å². The number of hydrogen-bond acceptors (Lipinski definition) is 21. The summed E-state index contributed by atoms with van der Waals surface area (Å²) >= 11 is 0.656. The number of unbranched alkanes of at least 4 members (excludes halogenated alkanes) is 1. The van der Waals surface area contributed by atoms with Gasteiger partial charge in [0.15, 0.2) is 17.5 Å². The number of aromatic amines is 1. The normalized spacial score (nSPS) is 24.1. The van der Waals surface area contributed by atoms with E-state index < -0.39 is 253 Å². The number of rotatable bonds is 25. The fraction of sp³-hybridized carbons (Fsp3) is 0.478. The number of phenols is 1. The van der Waals surface area contributed by atoms with Crippen molar-refractivity contribution in [3.63, 3.8) is 0 Å². The van der Waals surface area contributed by atoms with E-state index in [0.717, 1.165) is 19.6 Å². The third-order valence-corrected chi connectivity index (χ3v) is 24.9. The highest BCUT2D eigenvalue weighted by Gasteiger charge is 2.48. The Morgan fingerprint density at radius 3 is 1.72 bits per heavy atom. The number of carbonyl (C=O) groups excluding carboxylic acids is 15. The summed E-state index contributed by atoms with van der Waals surface area (Å²) in [7, 11) is 6.79. The number of carbonyl (C=O) groups is 15. The lowest BCUT2D eigenvalue weighted by Crippen LogP contribution is -2.64. The van der Waals surface area contributed by atoms with Gasteiger partial charge in [-0.3, -0.25) is 71.9 Å². The SMILES string of the molecule is CCCC[C@H]1C(=O)N2C[C@H](O)C[C@@H]2C(=O)N[C@@H](CC(O)=P)C(=O)N[C@@H](C(C)C)C(=O)N(C)[C@@H](Cc2ccccc2)C(=O)N[C@@H](CCCN)C(=O)N2CCOC[C@@H]2C(=O)N[C@@H](Cc2c[nH]c3ccccc23)C(=O)N[C@@H](Cc2ccc(O)cc2)C(=O)N[C@@H](CCCN)C(=O)N[C@H](C(=O)NCC(N)=O)CSCC(=O)N[C@@H](Cc2cc(F)c(F)c(F)c2)C(=O)N(C)[C@@H](Cc2ccccc2)C(=O)N1C. The average molecular weight is 1900 g/mol. The summed E-state index contributed by atoms with van der Waals surface area (Å²) in [6, 6.07) is 9.27. The molecule has 0 bridgehead atoms. The molecule has 724 valence electrons.